The summed E-state index contributed by atoms with van der Waals surface area (Å²) in [6.45, 7) is 3.65. The van der Waals surface area contributed by atoms with Crippen LogP contribution in [0.3, 0.4) is 0 Å². The van der Waals surface area contributed by atoms with Crippen LogP contribution in [0.5, 0.6) is 0 Å². The molecule has 0 spiro atoms. The van der Waals surface area contributed by atoms with Crippen LogP contribution in [0.4, 0.5) is 0 Å². The molecule has 0 aliphatic heterocycles. The van der Waals surface area contributed by atoms with Gasteiger partial charge in [-0.2, -0.15) is 5.10 Å². The van der Waals surface area contributed by atoms with Gasteiger partial charge in [-0.15, -0.1) is 0 Å². The third-order valence-corrected chi connectivity index (χ3v) is 1.78. The number of ether oxygens (including phenoxy) is 1. The lowest BCUT2D eigenvalue weighted by Crippen LogP contribution is -2.19. The Hall–Kier alpha value is -1.32. The molecule has 1 aromatic rings. The fourth-order valence-corrected chi connectivity index (χ4v) is 1.06. The van der Waals surface area contributed by atoms with Crippen molar-refractivity contribution in [3.05, 3.63) is 18.0 Å². The zero-order chi connectivity index (χ0) is 9.14. The van der Waals surface area contributed by atoms with Gasteiger partial charge in [0.1, 0.15) is 6.04 Å². The Labute approximate surface area is 71.1 Å². The Kier molecular flexibility index (Phi) is 2.47. The minimum Gasteiger partial charge on any atom is -0.467 e. The summed E-state index contributed by atoms with van der Waals surface area (Å²) in [7, 11) is 1.37. The number of esters is 1. The van der Waals surface area contributed by atoms with Crippen molar-refractivity contribution in [2.45, 2.75) is 19.9 Å². The van der Waals surface area contributed by atoms with E-state index in [9.17, 15) is 4.79 Å². The van der Waals surface area contributed by atoms with Gasteiger partial charge in [-0.05, 0) is 19.9 Å². The zero-order valence-electron chi connectivity index (χ0n) is 7.44. The Morgan fingerprint density at radius 3 is 2.83 bits per heavy atom. The van der Waals surface area contributed by atoms with Crippen molar-refractivity contribution in [1.29, 1.82) is 0 Å². The molecule has 1 aromatic heterocycles. The second-order valence-corrected chi connectivity index (χ2v) is 2.62. The van der Waals surface area contributed by atoms with Crippen LogP contribution < -0.4 is 0 Å². The average Bonchev–Trinajstić information content (AvgIpc) is 2.48. The molecule has 0 aliphatic rings. The number of nitrogens with zero attached hydrogens (tertiary/aromatic N) is 2. The number of rotatable bonds is 2. The quantitative estimate of drug-likeness (QED) is 0.617. The van der Waals surface area contributed by atoms with Crippen LogP contribution in [-0.2, 0) is 9.53 Å². The third-order valence-electron chi connectivity index (χ3n) is 1.78. The Morgan fingerprint density at radius 2 is 2.42 bits per heavy atom. The second-order valence-electron chi connectivity index (χ2n) is 2.62. The first-order chi connectivity index (χ1) is 5.66. The molecule has 1 rings (SSSR count). The van der Waals surface area contributed by atoms with Crippen molar-refractivity contribution in [1.82, 2.24) is 9.78 Å². The van der Waals surface area contributed by atoms with Gasteiger partial charge in [0.05, 0.1) is 7.11 Å². The summed E-state index contributed by atoms with van der Waals surface area (Å²) in [5, 5.41) is 4.00. The molecule has 0 bridgehead atoms. The van der Waals surface area contributed by atoms with E-state index in [2.05, 4.69) is 9.84 Å². The topological polar surface area (TPSA) is 44.1 Å². The van der Waals surface area contributed by atoms with Gasteiger partial charge in [-0.1, -0.05) is 0 Å². The van der Waals surface area contributed by atoms with Gasteiger partial charge >= 0.3 is 5.97 Å². The number of aromatic nitrogens is 2. The fraction of sp³-hybridized carbons (Fsp3) is 0.500. The first kappa shape index (κ1) is 8.77. The molecule has 0 saturated carbocycles. The van der Waals surface area contributed by atoms with Crippen molar-refractivity contribution in [3.8, 4) is 0 Å². The van der Waals surface area contributed by atoms with Gasteiger partial charge < -0.3 is 4.74 Å². The highest BCUT2D eigenvalue weighted by Crippen LogP contribution is 2.08. The highest BCUT2D eigenvalue weighted by atomic mass is 16.5. The summed E-state index contributed by atoms with van der Waals surface area (Å²) in [4.78, 5) is 11.1. The molecule has 0 aliphatic carbocycles. The Balaban J connectivity index is 2.84. The summed E-state index contributed by atoms with van der Waals surface area (Å²) in [5.74, 6) is -0.276. The summed E-state index contributed by atoms with van der Waals surface area (Å²) < 4.78 is 6.22. The molecular weight excluding hydrogens is 156 g/mol. The molecular formula is C8H12N2O2. The van der Waals surface area contributed by atoms with E-state index in [0.717, 1.165) is 5.69 Å². The van der Waals surface area contributed by atoms with Gasteiger partial charge in [0.15, 0.2) is 0 Å². The summed E-state index contributed by atoms with van der Waals surface area (Å²) in [6, 6.07) is 1.50. The summed E-state index contributed by atoms with van der Waals surface area (Å²) >= 11 is 0. The van der Waals surface area contributed by atoms with Crippen LogP contribution in [0.2, 0.25) is 0 Å². The monoisotopic (exact) mass is 168 g/mol. The lowest BCUT2D eigenvalue weighted by molar-refractivity contribution is -0.144. The first-order valence-corrected chi connectivity index (χ1v) is 3.74. The molecule has 0 saturated heterocycles. The van der Waals surface area contributed by atoms with E-state index < -0.39 is 0 Å². The van der Waals surface area contributed by atoms with Gasteiger partial charge in [0.25, 0.3) is 0 Å². The third kappa shape index (κ3) is 1.47. The maximum Gasteiger partial charge on any atom is 0.330 e. The Morgan fingerprint density at radius 1 is 1.75 bits per heavy atom. The highest BCUT2D eigenvalue weighted by molar-refractivity contribution is 5.73. The van der Waals surface area contributed by atoms with Crippen LogP contribution in [0.25, 0.3) is 0 Å². The van der Waals surface area contributed by atoms with Crippen molar-refractivity contribution in [3.63, 3.8) is 0 Å². The predicted octanol–water partition coefficient (Wildman–Crippen LogP) is 0.926. The molecule has 0 unspecified atom stereocenters. The number of aryl methyl sites for hydroxylation is 1. The Bertz CT molecular complexity index is 280. The fourth-order valence-electron chi connectivity index (χ4n) is 1.06. The van der Waals surface area contributed by atoms with Gasteiger partial charge in [-0.25, -0.2) is 4.79 Å². The largest absolute Gasteiger partial charge is 0.467 e. The van der Waals surface area contributed by atoms with Crippen LogP contribution in [-0.4, -0.2) is 22.9 Å². The SMILES string of the molecule is COC(=O)[C@H](C)n1nccc1C. The van der Waals surface area contributed by atoms with E-state index in [1.807, 2.05) is 13.0 Å². The molecule has 4 heteroatoms. The molecule has 1 atom stereocenters. The first-order valence-electron chi connectivity index (χ1n) is 3.74. The zero-order valence-corrected chi connectivity index (χ0v) is 7.44. The summed E-state index contributed by atoms with van der Waals surface area (Å²) in [6.07, 6.45) is 1.66. The van der Waals surface area contributed by atoms with E-state index in [4.69, 9.17) is 0 Å². The van der Waals surface area contributed by atoms with Gasteiger partial charge in [0, 0.05) is 11.9 Å². The predicted molar refractivity (Wildman–Crippen MR) is 43.7 cm³/mol. The van der Waals surface area contributed by atoms with Crippen LogP contribution in [0.1, 0.15) is 18.7 Å². The maximum absolute atomic E-state index is 11.1. The van der Waals surface area contributed by atoms with E-state index >= 15 is 0 Å². The highest BCUT2D eigenvalue weighted by Gasteiger charge is 2.16. The standard InChI is InChI=1S/C8H12N2O2/c1-6-4-5-9-10(6)7(2)8(11)12-3/h4-5,7H,1-3H3/t7-/m0/s1. The summed E-state index contributed by atoms with van der Waals surface area (Å²) in [5.41, 5.74) is 0.952. The van der Waals surface area contributed by atoms with Crippen molar-refractivity contribution < 1.29 is 9.53 Å². The second kappa shape index (κ2) is 3.38. The smallest absolute Gasteiger partial charge is 0.330 e. The lowest BCUT2D eigenvalue weighted by atomic mass is 10.3. The van der Waals surface area contributed by atoms with E-state index in [0.29, 0.717) is 0 Å². The number of methoxy groups -OCH3 is 1. The van der Waals surface area contributed by atoms with Crippen molar-refractivity contribution in [2.24, 2.45) is 0 Å². The van der Waals surface area contributed by atoms with Gasteiger partial charge in [-0.3, -0.25) is 4.68 Å². The number of carbonyl (C=O) groups excluding carboxylic acids is 1. The van der Waals surface area contributed by atoms with Crippen LogP contribution in [0.15, 0.2) is 12.3 Å². The van der Waals surface area contributed by atoms with E-state index in [-0.39, 0.29) is 12.0 Å². The minimum atomic E-state index is -0.343. The molecule has 0 aromatic carbocycles. The number of hydrogen-bond donors (Lipinski definition) is 0. The minimum absolute atomic E-state index is 0.276. The van der Waals surface area contributed by atoms with Crippen molar-refractivity contribution in [2.75, 3.05) is 7.11 Å². The maximum atomic E-state index is 11.1. The number of hydrogen-bond acceptors (Lipinski definition) is 3. The average molecular weight is 168 g/mol. The lowest BCUT2D eigenvalue weighted by Gasteiger charge is -2.10. The van der Waals surface area contributed by atoms with Crippen LogP contribution in [0, 0.1) is 6.92 Å². The molecule has 12 heavy (non-hydrogen) atoms. The van der Waals surface area contributed by atoms with Gasteiger partial charge in [0.2, 0.25) is 0 Å². The number of carbonyl (C=O) groups is 1. The van der Waals surface area contributed by atoms with Crippen molar-refractivity contribution >= 4 is 5.97 Å². The van der Waals surface area contributed by atoms with E-state index in [1.165, 1.54) is 7.11 Å². The van der Waals surface area contributed by atoms with E-state index in [1.54, 1.807) is 17.8 Å². The molecule has 0 fully saturated rings. The molecule has 66 valence electrons. The molecule has 1 heterocycles. The normalized spacial score (nSPS) is 12.6. The molecule has 0 amide bonds. The molecule has 0 N–H and O–H groups in total. The molecule has 0 radical (unpaired) electrons. The molecule has 4 nitrogen and oxygen atoms in total. The van der Waals surface area contributed by atoms with Crippen LogP contribution >= 0.6 is 0 Å².